The lowest BCUT2D eigenvalue weighted by Gasteiger charge is -2.11. The summed E-state index contributed by atoms with van der Waals surface area (Å²) in [7, 11) is 1.89. The second kappa shape index (κ2) is 5.48. The zero-order valence-electron chi connectivity index (χ0n) is 10.8. The van der Waals surface area contributed by atoms with Crippen molar-refractivity contribution in [1.82, 2.24) is 9.97 Å². The van der Waals surface area contributed by atoms with Crippen LogP contribution >= 0.6 is 15.9 Å². The highest BCUT2D eigenvalue weighted by Crippen LogP contribution is 2.24. The molecule has 0 atom stereocenters. The van der Waals surface area contributed by atoms with Gasteiger partial charge in [0.25, 0.3) is 0 Å². The van der Waals surface area contributed by atoms with Gasteiger partial charge in [-0.2, -0.15) is 0 Å². The van der Waals surface area contributed by atoms with Gasteiger partial charge in [-0.05, 0) is 25.5 Å². The van der Waals surface area contributed by atoms with Gasteiger partial charge in [-0.1, -0.05) is 35.0 Å². The fourth-order valence-electron chi connectivity index (χ4n) is 1.91. The van der Waals surface area contributed by atoms with Crippen LogP contribution in [0.3, 0.4) is 0 Å². The Morgan fingerprint density at radius 3 is 2.67 bits per heavy atom. The molecule has 0 aliphatic rings. The lowest BCUT2D eigenvalue weighted by molar-refractivity contribution is 0.977. The van der Waals surface area contributed by atoms with E-state index in [-0.39, 0.29) is 0 Å². The van der Waals surface area contributed by atoms with Gasteiger partial charge in [0.2, 0.25) is 0 Å². The minimum Gasteiger partial charge on any atom is -0.373 e. The van der Waals surface area contributed by atoms with Gasteiger partial charge in [-0.3, -0.25) is 0 Å². The summed E-state index contributed by atoms with van der Waals surface area (Å²) in [5.74, 6) is 1.67. The van der Waals surface area contributed by atoms with E-state index in [1.54, 1.807) is 0 Å². The maximum absolute atomic E-state index is 4.64. The summed E-state index contributed by atoms with van der Waals surface area (Å²) < 4.78 is 1.04. The number of aromatic nitrogens is 2. The van der Waals surface area contributed by atoms with Crippen LogP contribution in [0.2, 0.25) is 0 Å². The van der Waals surface area contributed by atoms with Crippen LogP contribution in [0.25, 0.3) is 11.4 Å². The van der Waals surface area contributed by atoms with E-state index in [0.29, 0.717) is 0 Å². The van der Waals surface area contributed by atoms with E-state index in [9.17, 15) is 0 Å². The Bertz CT molecular complexity index is 542. The number of benzene rings is 1. The molecule has 1 heterocycles. The van der Waals surface area contributed by atoms with Crippen LogP contribution in [-0.2, 0) is 6.42 Å². The molecule has 18 heavy (non-hydrogen) atoms. The fraction of sp³-hybridized carbons (Fsp3) is 0.286. The second-order valence-corrected chi connectivity index (χ2v) is 5.00. The van der Waals surface area contributed by atoms with Crippen molar-refractivity contribution in [3.63, 3.8) is 0 Å². The molecule has 1 aromatic carbocycles. The fourth-order valence-corrected chi connectivity index (χ4v) is 2.31. The van der Waals surface area contributed by atoms with E-state index >= 15 is 0 Å². The summed E-state index contributed by atoms with van der Waals surface area (Å²) in [5, 5.41) is 3.13. The van der Waals surface area contributed by atoms with Gasteiger partial charge in [-0.25, -0.2) is 9.97 Å². The van der Waals surface area contributed by atoms with E-state index in [2.05, 4.69) is 45.1 Å². The molecular weight excluding hydrogens is 290 g/mol. The van der Waals surface area contributed by atoms with Gasteiger partial charge in [-0.15, -0.1) is 0 Å². The molecule has 2 aromatic rings. The zero-order valence-corrected chi connectivity index (χ0v) is 12.4. The summed E-state index contributed by atoms with van der Waals surface area (Å²) >= 11 is 3.47. The number of nitrogens with one attached hydrogen (secondary N) is 1. The quantitative estimate of drug-likeness (QED) is 0.937. The molecule has 3 nitrogen and oxygen atoms in total. The smallest absolute Gasteiger partial charge is 0.161 e. The van der Waals surface area contributed by atoms with E-state index in [0.717, 1.165) is 39.4 Å². The van der Waals surface area contributed by atoms with E-state index < -0.39 is 0 Å². The van der Waals surface area contributed by atoms with Crippen molar-refractivity contribution >= 4 is 21.7 Å². The molecule has 0 bridgehead atoms. The van der Waals surface area contributed by atoms with Crippen LogP contribution in [0.4, 0.5) is 5.82 Å². The van der Waals surface area contributed by atoms with Gasteiger partial charge >= 0.3 is 0 Å². The Kier molecular flexibility index (Phi) is 3.97. The summed E-state index contributed by atoms with van der Waals surface area (Å²) in [4.78, 5) is 9.21. The molecule has 4 heteroatoms. The molecule has 0 saturated carbocycles. The molecule has 0 unspecified atom stereocenters. The number of hydrogen-bond donors (Lipinski definition) is 1. The van der Waals surface area contributed by atoms with Crippen LogP contribution in [0.1, 0.15) is 18.2 Å². The molecule has 0 radical (unpaired) electrons. The molecular formula is C14H16BrN3. The highest BCUT2D eigenvalue weighted by atomic mass is 79.9. The summed E-state index contributed by atoms with van der Waals surface area (Å²) in [5.41, 5.74) is 3.23. The third-order valence-corrected chi connectivity index (χ3v) is 3.39. The second-order valence-electron chi connectivity index (χ2n) is 4.08. The number of anilines is 1. The molecule has 2 rings (SSSR count). The van der Waals surface area contributed by atoms with Crippen LogP contribution in [0, 0.1) is 6.92 Å². The third kappa shape index (κ3) is 2.53. The Balaban J connectivity index is 2.58. The Hall–Kier alpha value is -1.42. The highest BCUT2D eigenvalue weighted by molar-refractivity contribution is 9.10. The monoisotopic (exact) mass is 305 g/mol. The average Bonchev–Trinajstić information content (AvgIpc) is 2.39. The Labute approximate surface area is 116 Å². The number of rotatable bonds is 3. The number of aryl methyl sites for hydroxylation is 1. The van der Waals surface area contributed by atoms with Gasteiger partial charge in [0.1, 0.15) is 5.82 Å². The summed E-state index contributed by atoms with van der Waals surface area (Å²) in [6.45, 7) is 4.16. The molecule has 0 fully saturated rings. The molecule has 0 saturated heterocycles. The first-order valence-corrected chi connectivity index (χ1v) is 6.76. The molecule has 0 aliphatic carbocycles. The molecule has 0 spiro atoms. The van der Waals surface area contributed by atoms with Crippen LogP contribution in [0.15, 0.2) is 28.7 Å². The summed E-state index contributed by atoms with van der Waals surface area (Å²) in [6, 6.07) is 8.04. The van der Waals surface area contributed by atoms with Gasteiger partial charge < -0.3 is 5.32 Å². The van der Waals surface area contributed by atoms with Crippen LogP contribution < -0.4 is 5.32 Å². The van der Waals surface area contributed by atoms with Crippen molar-refractivity contribution in [2.45, 2.75) is 20.3 Å². The number of nitrogens with zero attached hydrogens (tertiary/aromatic N) is 2. The molecule has 94 valence electrons. The topological polar surface area (TPSA) is 37.8 Å². The zero-order chi connectivity index (χ0) is 13.1. The van der Waals surface area contributed by atoms with Crippen molar-refractivity contribution in [1.29, 1.82) is 0 Å². The predicted octanol–water partition coefficient (Wildman–Crippen LogP) is 3.82. The van der Waals surface area contributed by atoms with Crippen molar-refractivity contribution in [3.8, 4) is 11.4 Å². The molecule has 1 N–H and O–H groups in total. The lowest BCUT2D eigenvalue weighted by atomic mass is 10.1. The van der Waals surface area contributed by atoms with E-state index in [1.807, 2.05) is 31.3 Å². The first-order valence-electron chi connectivity index (χ1n) is 5.97. The Morgan fingerprint density at radius 2 is 2.06 bits per heavy atom. The van der Waals surface area contributed by atoms with Crippen molar-refractivity contribution in [2.24, 2.45) is 0 Å². The van der Waals surface area contributed by atoms with Gasteiger partial charge in [0, 0.05) is 28.3 Å². The van der Waals surface area contributed by atoms with E-state index in [4.69, 9.17) is 0 Å². The molecule has 0 amide bonds. The lowest BCUT2D eigenvalue weighted by Crippen LogP contribution is -2.04. The largest absolute Gasteiger partial charge is 0.373 e. The highest BCUT2D eigenvalue weighted by Gasteiger charge is 2.10. The van der Waals surface area contributed by atoms with Crippen molar-refractivity contribution in [3.05, 3.63) is 40.0 Å². The minimum absolute atomic E-state index is 0.767. The Morgan fingerprint density at radius 1 is 1.28 bits per heavy atom. The van der Waals surface area contributed by atoms with Gasteiger partial charge in [0.05, 0.1) is 0 Å². The van der Waals surface area contributed by atoms with Gasteiger partial charge in [0.15, 0.2) is 5.82 Å². The first-order chi connectivity index (χ1) is 8.65. The SMILES string of the molecule is CCc1nc(-c2cccc(Br)c2)nc(NC)c1C. The number of halogens is 1. The van der Waals surface area contributed by atoms with Crippen molar-refractivity contribution < 1.29 is 0 Å². The maximum Gasteiger partial charge on any atom is 0.161 e. The standard InChI is InChI=1S/C14H16BrN3/c1-4-12-9(2)13(16-3)18-14(17-12)10-6-5-7-11(15)8-10/h5-8H,4H2,1-3H3,(H,16,17,18). The predicted molar refractivity (Wildman–Crippen MR) is 78.8 cm³/mol. The van der Waals surface area contributed by atoms with Crippen LogP contribution in [-0.4, -0.2) is 17.0 Å². The van der Waals surface area contributed by atoms with Crippen LogP contribution in [0.5, 0.6) is 0 Å². The number of hydrogen-bond acceptors (Lipinski definition) is 3. The normalized spacial score (nSPS) is 10.4. The third-order valence-electron chi connectivity index (χ3n) is 2.90. The average molecular weight is 306 g/mol. The van der Waals surface area contributed by atoms with E-state index in [1.165, 1.54) is 0 Å². The minimum atomic E-state index is 0.767. The summed E-state index contributed by atoms with van der Waals surface area (Å²) in [6.07, 6.45) is 0.907. The first kappa shape index (κ1) is 13.0. The maximum atomic E-state index is 4.64. The molecule has 1 aromatic heterocycles. The van der Waals surface area contributed by atoms with Crippen molar-refractivity contribution in [2.75, 3.05) is 12.4 Å². The molecule has 0 aliphatic heterocycles.